The Morgan fingerprint density at radius 3 is 1.78 bits per heavy atom. The van der Waals surface area contributed by atoms with Crippen LogP contribution in [0.25, 0.3) is 11.1 Å². The maximum atomic E-state index is 11.3. The van der Waals surface area contributed by atoms with Crippen LogP contribution in [-0.4, -0.2) is 70.0 Å². The molecule has 0 aliphatic carbocycles. The van der Waals surface area contributed by atoms with Crippen LogP contribution in [0.4, 0.5) is 0 Å². The Morgan fingerprint density at radius 2 is 1.28 bits per heavy atom. The summed E-state index contributed by atoms with van der Waals surface area (Å²) in [6, 6.07) is 15.5. The van der Waals surface area contributed by atoms with Gasteiger partial charge in [-0.2, -0.15) is 9.97 Å². The van der Waals surface area contributed by atoms with Crippen LogP contribution in [0.5, 0.6) is 23.5 Å². The molecule has 290 valence electrons. The highest BCUT2D eigenvalue weighted by Gasteiger charge is 2.18. The van der Waals surface area contributed by atoms with Gasteiger partial charge in [0.25, 0.3) is 0 Å². The maximum absolute atomic E-state index is 11.3. The predicted octanol–water partition coefficient (Wildman–Crippen LogP) is 6.83. The first-order valence-electron chi connectivity index (χ1n) is 17.5. The zero-order chi connectivity index (χ0) is 39.4. The number of nitrogens with one attached hydrogen (secondary N) is 1. The predicted molar refractivity (Wildman–Crippen MR) is 206 cm³/mol. The number of carboxylic acid groups (broad SMARTS) is 1. The lowest BCUT2D eigenvalue weighted by molar-refractivity contribution is -0.139. The van der Waals surface area contributed by atoms with Crippen molar-refractivity contribution in [1.82, 2.24) is 15.3 Å². The fourth-order valence-electron chi connectivity index (χ4n) is 6.01. The number of aliphatic hydroxyl groups excluding tert-OH is 2. The number of hydrogen-bond acceptors (Lipinski definition) is 11. The molecule has 0 aliphatic rings. The molecule has 0 saturated carbocycles. The number of halogens is 2. The van der Waals surface area contributed by atoms with Gasteiger partial charge in [0.15, 0.2) is 0 Å². The Balaban J connectivity index is 1.43. The first-order valence-corrected chi connectivity index (χ1v) is 18.2. The summed E-state index contributed by atoms with van der Waals surface area (Å²) in [4.78, 5) is 31.1. The number of ether oxygens (including phenoxy) is 4. The number of pyridine rings is 2. The minimum atomic E-state index is -1.04. The van der Waals surface area contributed by atoms with E-state index in [-0.39, 0.29) is 50.1 Å². The highest BCUT2D eigenvalue weighted by molar-refractivity contribution is 6.32. The van der Waals surface area contributed by atoms with Gasteiger partial charge in [-0.05, 0) is 85.5 Å². The molecule has 0 amide bonds. The lowest BCUT2D eigenvalue weighted by atomic mass is 9.92. The van der Waals surface area contributed by atoms with Gasteiger partial charge in [0.1, 0.15) is 29.0 Å². The molecular weight excluding hydrogens is 737 g/mol. The number of methoxy groups -OCH3 is 2. The molecule has 0 bridgehead atoms. The van der Waals surface area contributed by atoms with E-state index in [0.29, 0.717) is 53.2 Å². The van der Waals surface area contributed by atoms with Gasteiger partial charge in [0.2, 0.25) is 23.5 Å². The van der Waals surface area contributed by atoms with Gasteiger partial charge in [-0.1, -0.05) is 59.6 Å². The molecule has 0 radical (unpaired) electrons. The average molecular weight is 785 g/mol. The molecule has 0 spiro atoms. The van der Waals surface area contributed by atoms with Crippen LogP contribution in [0.3, 0.4) is 0 Å². The topological polar surface area (TPSA) is 170 Å². The number of benzene rings is 2. The number of aryl methyl sites for hydroxylation is 1. The lowest BCUT2D eigenvalue weighted by Crippen LogP contribution is -2.28. The molecule has 2 atom stereocenters. The Labute approximate surface area is 325 Å². The largest absolute Gasteiger partial charge is 0.481 e. The standard InChI is InChI=1S/C40H47Cl2N3O9/c1-23(46)15-31(48)20-43-19-29-17-35(42)40(45-38(29)52-5)54-22-28-11-8-14-33(25(28)3)32-13-7-10-27(24(32)2)21-53-39-34(41)16-26(37(44-39)51-4)9-6-12-30(47)18-36(49)50/h7-8,10-11,13-14,16-17,30-31,43,47-48H,6,9,12,15,18-22H2,1-5H3,(H,49,50)/t30-,31+/m1/s1. The molecule has 2 aromatic heterocycles. The number of nitrogens with zero attached hydrogens (tertiary/aromatic N) is 2. The van der Waals surface area contributed by atoms with Crippen molar-refractivity contribution in [2.75, 3.05) is 20.8 Å². The number of aromatic nitrogens is 2. The van der Waals surface area contributed by atoms with Crippen LogP contribution in [0.1, 0.15) is 66.0 Å². The molecule has 54 heavy (non-hydrogen) atoms. The minimum absolute atomic E-state index is 0.0743. The van der Waals surface area contributed by atoms with Gasteiger partial charge in [-0.3, -0.25) is 9.59 Å². The first kappa shape index (κ1) is 42.3. The lowest BCUT2D eigenvalue weighted by Gasteiger charge is -2.18. The van der Waals surface area contributed by atoms with Gasteiger partial charge in [-0.25, -0.2) is 0 Å². The third kappa shape index (κ3) is 11.8. The van der Waals surface area contributed by atoms with Crippen LogP contribution < -0.4 is 24.3 Å². The van der Waals surface area contributed by atoms with Crippen molar-refractivity contribution in [3.8, 4) is 34.6 Å². The number of rotatable bonds is 21. The van der Waals surface area contributed by atoms with Crippen molar-refractivity contribution >= 4 is 35.0 Å². The zero-order valence-electron chi connectivity index (χ0n) is 31.1. The Morgan fingerprint density at radius 1 is 0.759 bits per heavy atom. The second-order valence-electron chi connectivity index (χ2n) is 13.0. The van der Waals surface area contributed by atoms with Crippen LogP contribution in [-0.2, 0) is 35.8 Å². The highest BCUT2D eigenvalue weighted by atomic mass is 35.5. The summed E-state index contributed by atoms with van der Waals surface area (Å²) in [7, 11) is 3.01. The van der Waals surface area contributed by atoms with E-state index in [1.165, 1.54) is 21.1 Å². The molecule has 2 aromatic carbocycles. The molecule has 0 aliphatic heterocycles. The summed E-state index contributed by atoms with van der Waals surface area (Å²) in [6.45, 7) is 6.47. The van der Waals surface area contributed by atoms with Crippen molar-refractivity contribution < 1.29 is 43.9 Å². The summed E-state index contributed by atoms with van der Waals surface area (Å²) in [5.41, 5.74) is 7.38. The third-order valence-electron chi connectivity index (χ3n) is 8.88. The highest BCUT2D eigenvalue weighted by Crippen LogP contribution is 2.34. The zero-order valence-corrected chi connectivity index (χ0v) is 32.6. The monoisotopic (exact) mass is 783 g/mol. The van der Waals surface area contributed by atoms with E-state index in [2.05, 4.69) is 27.4 Å². The van der Waals surface area contributed by atoms with Gasteiger partial charge >= 0.3 is 5.97 Å². The summed E-state index contributed by atoms with van der Waals surface area (Å²) in [6.07, 6.45) is -0.594. The number of Topliss-reactive ketones (excluding diaryl/α,β-unsaturated/α-hetero) is 1. The molecule has 2 heterocycles. The molecule has 4 aromatic rings. The average Bonchev–Trinajstić information content (AvgIpc) is 3.11. The van der Waals surface area contributed by atoms with Crippen molar-refractivity contribution in [2.24, 2.45) is 0 Å². The van der Waals surface area contributed by atoms with Gasteiger partial charge in [-0.15, -0.1) is 0 Å². The van der Waals surface area contributed by atoms with E-state index in [9.17, 15) is 19.8 Å². The number of carbonyl (C=O) groups excluding carboxylic acids is 1. The number of aliphatic hydroxyl groups is 2. The van der Waals surface area contributed by atoms with E-state index in [1.807, 2.05) is 38.1 Å². The summed E-state index contributed by atoms with van der Waals surface area (Å²) < 4.78 is 23.2. The van der Waals surface area contributed by atoms with Crippen molar-refractivity contribution in [2.45, 2.75) is 84.8 Å². The SMILES string of the molecule is COc1nc(OCc2cccc(-c3cccc(COc4nc(OC)c(CNC[C@@H](O)CC(C)=O)cc4Cl)c3C)c2C)c(Cl)cc1CCC[C@@H](O)CC(=O)O. The summed E-state index contributed by atoms with van der Waals surface area (Å²) in [5, 5.41) is 32.5. The number of carbonyl (C=O) groups is 2. The van der Waals surface area contributed by atoms with Crippen LogP contribution in [0.2, 0.25) is 10.0 Å². The quantitative estimate of drug-likeness (QED) is 0.0696. The summed E-state index contributed by atoms with van der Waals surface area (Å²) >= 11 is 13.1. The Bertz CT molecular complexity index is 1790. The number of ketones is 1. The minimum Gasteiger partial charge on any atom is -0.481 e. The van der Waals surface area contributed by atoms with Gasteiger partial charge in [0.05, 0.1) is 32.8 Å². The molecule has 0 fully saturated rings. The second-order valence-corrected chi connectivity index (χ2v) is 13.8. The number of hydrogen-bond donors (Lipinski definition) is 4. The molecule has 0 unspecified atom stereocenters. The van der Waals surface area contributed by atoms with E-state index in [0.717, 1.165) is 38.9 Å². The van der Waals surface area contributed by atoms with E-state index < -0.39 is 18.2 Å². The molecular formula is C40H47Cl2N3O9. The van der Waals surface area contributed by atoms with E-state index in [1.54, 1.807) is 12.1 Å². The normalized spacial score (nSPS) is 12.2. The molecule has 14 heteroatoms. The Kier molecular flexibility index (Phi) is 15.9. The fourth-order valence-corrected chi connectivity index (χ4v) is 6.47. The van der Waals surface area contributed by atoms with Crippen molar-refractivity contribution in [3.05, 3.63) is 92.0 Å². The molecule has 0 saturated heterocycles. The van der Waals surface area contributed by atoms with E-state index in [4.69, 9.17) is 47.3 Å². The van der Waals surface area contributed by atoms with Gasteiger partial charge < -0.3 is 39.6 Å². The van der Waals surface area contributed by atoms with Crippen molar-refractivity contribution in [3.63, 3.8) is 0 Å². The molecule has 4 rings (SSSR count). The first-order chi connectivity index (χ1) is 25.8. The number of carboxylic acids is 1. The fraction of sp³-hybridized carbons (Fsp3) is 0.400. The van der Waals surface area contributed by atoms with Crippen molar-refractivity contribution in [1.29, 1.82) is 0 Å². The van der Waals surface area contributed by atoms with Crippen LogP contribution in [0.15, 0.2) is 48.5 Å². The molecule has 12 nitrogen and oxygen atoms in total. The summed E-state index contributed by atoms with van der Waals surface area (Å²) in [5.74, 6) is -0.00168. The molecule has 4 N–H and O–H groups in total. The maximum Gasteiger partial charge on any atom is 0.305 e. The Hall–Kier alpha value is -4.46. The van der Waals surface area contributed by atoms with Gasteiger partial charge in [0, 0.05) is 30.6 Å². The van der Waals surface area contributed by atoms with E-state index >= 15 is 0 Å². The number of aliphatic carboxylic acids is 1. The smallest absolute Gasteiger partial charge is 0.305 e. The van der Waals surface area contributed by atoms with Crippen LogP contribution in [0, 0.1) is 13.8 Å². The van der Waals surface area contributed by atoms with Crippen LogP contribution >= 0.6 is 23.2 Å². The third-order valence-corrected chi connectivity index (χ3v) is 9.42. The second kappa shape index (κ2) is 20.3.